The molecule has 0 radical (unpaired) electrons. The highest BCUT2D eigenvalue weighted by molar-refractivity contribution is 5.80. The van der Waals surface area contributed by atoms with Crippen LogP contribution in [0.25, 0.3) is 17.2 Å². The SMILES string of the molecule is C=Cc1ccc(OCC2(C)c3ccccc3-c3ccccc32)cc1. The van der Waals surface area contributed by atoms with E-state index in [1.165, 1.54) is 22.3 Å². The summed E-state index contributed by atoms with van der Waals surface area (Å²) in [5.41, 5.74) is 6.29. The molecule has 0 aliphatic heterocycles. The van der Waals surface area contributed by atoms with Gasteiger partial charge in [-0.25, -0.2) is 0 Å². The molecule has 4 rings (SSSR count). The van der Waals surface area contributed by atoms with Crippen molar-refractivity contribution in [3.8, 4) is 16.9 Å². The van der Waals surface area contributed by atoms with Crippen LogP contribution in [0.15, 0.2) is 79.4 Å². The lowest BCUT2D eigenvalue weighted by Crippen LogP contribution is -2.29. The number of rotatable bonds is 4. The molecule has 24 heavy (non-hydrogen) atoms. The van der Waals surface area contributed by atoms with Crippen LogP contribution in [0, 0.1) is 0 Å². The van der Waals surface area contributed by atoms with Gasteiger partial charge in [-0.15, -0.1) is 0 Å². The summed E-state index contributed by atoms with van der Waals surface area (Å²) in [7, 11) is 0. The van der Waals surface area contributed by atoms with Crippen molar-refractivity contribution in [3.05, 3.63) is 96.1 Å². The summed E-state index contributed by atoms with van der Waals surface area (Å²) < 4.78 is 6.17. The van der Waals surface area contributed by atoms with Crippen molar-refractivity contribution in [2.45, 2.75) is 12.3 Å². The van der Waals surface area contributed by atoms with E-state index in [0.29, 0.717) is 6.61 Å². The maximum absolute atomic E-state index is 6.17. The Morgan fingerprint density at radius 1 is 0.833 bits per heavy atom. The molecule has 0 heterocycles. The Kier molecular flexibility index (Phi) is 3.50. The average Bonchev–Trinajstić information content (AvgIpc) is 2.91. The fourth-order valence-corrected chi connectivity index (χ4v) is 3.63. The van der Waals surface area contributed by atoms with Crippen molar-refractivity contribution in [2.75, 3.05) is 6.61 Å². The zero-order valence-corrected chi connectivity index (χ0v) is 13.8. The van der Waals surface area contributed by atoms with Gasteiger partial charge in [0.15, 0.2) is 0 Å². The van der Waals surface area contributed by atoms with Crippen LogP contribution in [0.2, 0.25) is 0 Å². The van der Waals surface area contributed by atoms with Crippen LogP contribution in [-0.2, 0) is 5.41 Å². The second kappa shape index (κ2) is 5.68. The number of fused-ring (bicyclic) bond motifs is 3. The zero-order valence-electron chi connectivity index (χ0n) is 13.8. The highest BCUT2D eigenvalue weighted by atomic mass is 16.5. The summed E-state index contributed by atoms with van der Waals surface area (Å²) in [4.78, 5) is 0. The second-order valence-electron chi connectivity index (χ2n) is 6.49. The molecule has 0 unspecified atom stereocenters. The highest BCUT2D eigenvalue weighted by Gasteiger charge is 2.39. The average molecular weight is 312 g/mol. The molecule has 1 aliphatic carbocycles. The summed E-state index contributed by atoms with van der Waals surface area (Å²) in [6, 6.07) is 25.4. The predicted molar refractivity (Wildman–Crippen MR) is 100 cm³/mol. The fourth-order valence-electron chi connectivity index (χ4n) is 3.63. The van der Waals surface area contributed by atoms with Gasteiger partial charge >= 0.3 is 0 Å². The maximum Gasteiger partial charge on any atom is 0.119 e. The van der Waals surface area contributed by atoms with Gasteiger partial charge in [-0.1, -0.05) is 73.3 Å². The normalized spacial score (nSPS) is 13.9. The van der Waals surface area contributed by atoms with Crippen LogP contribution < -0.4 is 4.74 Å². The van der Waals surface area contributed by atoms with E-state index in [1.807, 2.05) is 30.3 Å². The first-order valence-corrected chi connectivity index (χ1v) is 8.27. The third kappa shape index (κ3) is 2.25. The van der Waals surface area contributed by atoms with E-state index in [4.69, 9.17) is 4.74 Å². The van der Waals surface area contributed by atoms with Gasteiger partial charge in [-0.2, -0.15) is 0 Å². The molecule has 0 amide bonds. The van der Waals surface area contributed by atoms with Gasteiger partial charge in [0.1, 0.15) is 12.4 Å². The van der Waals surface area contributed by atoms with Gasteiger partial charge in [0.25, 0.3) is 0 Å². The van der Waals surface area contributed by atoms with Crippen LogP contribution >= 0.6 is 0 Å². The lowest BCUT2D eigenvalue weighted by atomic mass is 9.81. The fraction of sp³-hybridized carbons (Fsp3) is 0.130. The first-order chi connectivity index (χ1) is 11.7. The van der Waals surface area contributed by atoms with E-state index < -0.39 is 0 Å². The van der Waals surface area contributed by atoms with Gasteiger partial charge < -0.3 is 4.74 Å². The third-order valence-electron chi connectivity index (χ3n) is 4.98. The molecule has 0 bridgehead atoms. The van der Waals surface area contributed by atoms with Gasteiger partial charge in [-0.3, -0.25) is 0 Å². The quantitative estimate of drug-likeness (QED) is 0.601. The molecule has 0 saturated carbocycles. The first kappa shape index (κ1) is 14.8. The molecule has 1 nitrogen and oxygen atoms in total. The maximum atomic E-state index is 6.17. The standard InChI is InChI=1S/C23H20O/c1-3-17-12-14-18(15-13-17)24-16-23(2)21-10-6-4-8-19(21)20-9-5-7-11-22(20)23/h3-15H,1,16H2,2H3. The third-order valence-corrected chi connectivity index (χ3v) is 4.98. The van der Waals surface area contributed by atoms with Gasteiger partial charge in [0, 0.05) is 0 Å². The summed E-state index contributed by atoms with van der Waals surface area (Å²) in [6.07, 6.45) is 1.84. The van der Waals surface area contributed by atoms with Crippen molar-refractivity contribution < 1.29 is 4.74 Å². The molecular formula is C23H20O. The van der Waals surface area contributed by atoms with Crippen LogP contribution in [0.4, 0.5) is 0 Å². The van der Waals surface area contributed by atoms with Gasteiger partial charge in [0.2, 0.25) is 0 Å². The summed E-state index contributed by atoms with van der Waals surface area (Å²) >= 11 is 0. The molecule has 0 spiro atoms. The van der Waals surface area contributed by atoms with E-state index in [9.17, 15) is 0 Å². The smallest absolute Gasteiger partial charge is 0.119 e. The van der Waals surface area contributed by atoms with E-state index in [1.54, 1.807) is 0 Å². The molecule has 0 aromatic heterocycles. The topological polar surface area (TPSA) is 9.23 Å². The number of ether oxygens (including phenoxy) is 1. The van der Waals surface area contributed by atoms with Gasteiger partial charge in [-0.05, 0) is 46.9 Å². The minimum absolute atomic E-state index is 0.135. The van der Waals surface area contributed by atoms with Crippen LogP contribution in [0.1, 0.15) is 23.6 Å². The molecule has 3 aromatic carbocycles. The van der Waals surface area contributed by atoms with Crippen LogP contribution in [0.5, 0.6) is 5.75 Å². The number of hydrogen-bond donors (Lipinski definition) is 0. The van der Waals surface area contributed by atoms with Crippen LogP contribution in [0.3, 0.4) is 0 Å². The van der Waals surface area contributed by atoms with Crippen molar-refractivity contribution in [3.63, 3.8) is 0 Å². The Balaban J connectivity index is 1.69. The van der Waals surface area contributed by atoms with Crippen molar-refractivity contribution in [1.29, 1.82) is 0 Å². The van der Waals surface area contributed by atoms with Gasteiger partial charge in [0.05, 0.1) is 5.41 Å². The Hall–Kier alpha value is -2.80. The molecule has 0 fully saturated rings. The first-order valence-electron chi connectivity index (χ1n) is 8.27. The Morgan fingerprint density at radius 3 is 1.92 bits per heavy atom. The molecular weight excluding hydrogens is 292 g/mol. The molecule has 0 saturated heterocycles. The van der Waals surface area contributed by atoms with Crippen LogP contribution in [-0.4, -0.2) is 6.61 Å². The molecule has 0 atom stereocenters. The van der Waals surface area contributed by atoms with E-state index in [0.717, 1.165) is 11.3 Å². The summed E-state index contributed by atoms with van der Waals surface area (Å²) in [5, 5.41) is 0. The minimum atomic E-state index is -0.135. The van der Waals surface area contributed by atoms with Crippen molar-refractivity contribution >= 4 is 6.08 Å². The molecule has 0 N–H and O–H groups in total. The molecule has 3 aromatic rings. The van der Waals surface area contributed by atoms with Crippen molar-refractivity contribution in [2.24, 2.45) is 0 Å². The lowest BCUT2D eigenvalue weighted by molar-refractivity contribution is 0.256. The number of benzene rings is 3. The predicted octanol–water partition coefficient (Wildman–Crippen LogP) is 5.70. The highest BCUT2D eigenvalue weighted by Crippen LogP contribution is 2.48. The van der Waals surface area contributed by atoms with E-state index >= 15 is 0 Å². The van der Waals surface area contributed by atoms with E-state index in [-0.39, 0.29) is 5.41 Å². The summed E-state index contributed by atoms with van der Waals surface area (Å²) in [6.45, 7) is 6.68. The molecule has 1 heteroatoms. The monoisotopic (exact) mass is 312 g/mol. The minimum Gasteiger partial charge on any atom is -0.492 e. The largest absolute Gasteiger partial charge is 0.492 e. The second-order valence-corrected chi connectivity index (χ2v) is 6.49. The Morgan fingerprint density at radius 2 is 1.38 bits per heavy atom. The molecule has 118 valence electrons. The van der Waals surface area contributed by atoms with E-state index in [2.05, 4.69) is 62.0 Å². The summed E-state index contributed by atoms with van der Waals surface area (Å²) in [5.74, 6) is 0.892. The Bertz CT molecular complexity index is 844. The lowest BCUT2D eigenvalue weighted by Gasteiger charge is -2.27. The molecule has 1 aliphatic rings. The van der Waals surface area contributed by atoms with Crippen molar-refractivity contribution in [1.82, 2.24) is 0 Å². The zero-order chi connectivity index (χ0) is 16.6. The number of hydrogen-bond acceptors (Lipinski definition) is 1. The Labute approximate surface area is 143 Å².